The minimum Gasteiger partial charge on any atom is -0.305 e. The normalized spacial score (nSPS) is 12.5. The molecule has 0 N–H and O–H groups in total. The summed E-state index contributed by atoms with van der Waals surface area (Å²) in [5.74, 6) is 0. The summed E-state index contributed by atoms with van der Waals surface area (Å²) in [6, 6.07) is 63.7. The molecule has 0 aliphatic heterocycles. The van der Waals surface area contributed by atoms with Gasteiger partial charge in [-0.1, -0.05) is 155 Å². The molecular formula is C53H32N4Pt. The molecule has 4 nitrogen and oxygen atoms in total. The number of fused-ring (bicyclic) bond motifs is 5. The second-order valence-corrected chi connectivity index (χ2v) is 14.5. The number of hydrogen-bond acceptors (Lipinski definition) is 4. The van der Waals surface area contributed by atoms with Gasteiger partial charge < -0.3 is 9.97 Å². The zero-order valence-electron chi connectivity index (χ0n) is 31.1. The molecule has 0 atom stereocenters. The maximum Gasteiger partial charge on any atom is 2.00 e. The van der Waals surface area contributed by atoms with Crippen molar-refractivity contribution >= 4 is 21.5 Å². The van der Waals surface area contributed by atoms with E-state index in [0.717, 1.165) is 77.4 Å². The van der Waals surface area contributed by atoms with E-state index in [4.69, 9.17) is 9.97 Å². The van der Waals surface area contributed by atoms with Gasteiger partial charge in [0, 0.05) is 42.6 Å². The Morgan fingerprint density at radius 3 is 1.29 bits per heavy atom. The minimum absolute atomic E-state index is 0. The second-order valence-electron chi connectivity index (χ2n) is 14.5. The first-order valence-corrected chi connectivity index (χ1v) is 19.1. The fourth-order valence-corrected chi connectivity index (χ4v) is 8.81. The average Bonchev–Trinajstić information content (AvgIpc) is 3.60. The van der Waals surface area contributed by atoms with Crippen LogP contribution in [-0.4, -0.2) is 19.9 Å². The Bertz CT molecular complexity index is 2930. The van der Waals surface area contributed by atoms with Crippen LogP contribution in [0.25, 0.3) is 77.4 Å². The van der Waals surface area contributed by atoms with Crippen LogP contribution < -0.4 is 0 Å². The first kappa shape index (κ1) is 35.5. The zero-order chi connectivity index (χ0) is 37.8. The van der Waals surface area contributed by atoms with Crippen LogP contribution in [0.1, 0.15) is 22.3 Å². The van der Waals surface area contributed by atoms with E-state index in [1.165, 1.54) is 22.3 Å². The Morgan fingerprint density at radius 2 is 0.828 bits per heavy atom. The van der Waals surface area contributed by atoms with Gasteiger partial charge in [0.2, 0.25) is 0 Å². The molecule has 0 spiro atoms. The topological polar surface area (TPSA) is 51.6 Å². The fraction of sp³-hybridized carbons (Fsp3) is 0.0189. The molecular weight excluding hydrogens is 888 g/mol. The van der Waals surface area contributed by atoms with Crippen LogP contribution in [0.2, 0.25) is 0 Å². The molecule has 0 amide bonds. The molecule has 5 heteroatoms. The summed E-state index contributed by atoms with van der Waals surface area (Å²) in [6.07, 6.45) is 11.4. The number of nitrogens with zero attached hydrogens (tertiary/aromatic N) is 4. The van der Waals surface area contributed by atoms with E-state index in [1.807, 2.05) is 49.3 Å². The molecule has 10 aromatic rings. The molecule has 274 valence electrons. The van der Waals surface area contributed by atoms with Gasteiger partial charge in [-0.05, 0) is 68.0 Å². The Balaban J connectivity index is 0.00000408. The summed E-state index contributed by atoms with van der Waals surface area (Å²) in [7, 11) is 0. The van der Waals surface area contributed by atoms with Gasteiger partial charge in [-0.2, -0.15) is 0 Å². The summed E-state index contributed by atoms with van der Waals surface area (Å²) >= 11 is 0. The molecule has 11 rings (SSSR count). The molecule has 58 heavy (non-hydrogen) atoms. The third-order valence-corrected chi connectivity index (χ3v) is 11.4. The maximum absolute atomic E-state index is 4.99. The number of aromatic nitrogens is 4. The second kappa shape index (κ2) is 14.6. The van der Waals surface area contributed by atoms with E-state index >= 15 is 0 Å². The van der Waals surface area contributed by atoms with Gasteiger partial charge >= 0.3 is 21.1 Å². The average molecular weight is 920 g/mol. The van der Waals surface area contributed by atoms with Crippen molar-refractivity contribution in [2.24, 2.45) is 0 Å². The van der Waals surface area contributed by atoms with Crippen molar-refractivity contribution < 1.29 is 21.1 Å². The monoisotopic (exact) mass is 919 g/mol. The predicted molar refractivity (Wildman–Crippen MR) is 229 cm³/mol. The Hall–Kier alpha value is -6.87. The van der Waals surface area contributed by atoms with E-state index in [1.54, 1.807) is 0 Å². The van der Waals surface area contributed by atoms with Crippen LogP contribution in [0.3, 0.4) is 0 Å². The van der Waals surface area contributed by atoms with Crippen molar-refractivity contribution in [1.29, 1.82) is 0 Å². The van der Waals surface area contributed by atoms with E-state index in [9.17, 15) is 0 Å². The molecule has 0 saturated carbocycles. The summed E-state index contributed by atoms with van der Waals surface area (Å²) in [5.41, 5.74) is 13.8. The summed E-state index contributed by atoms with van der Waals surface area (Å²) in [6.45, 7) is 0. The van der Waals surface area contributed by atoms with Crippen molar-refractivity contribution in [2.45, 2.75) is 5.41 Å². The molecule has 1 aliphatic rings. The minimum atomic E-state index is -0.821. The summed E-state index contributed by atoms with van der Waals surface area (Å²) in [5, 5.41) is 4.09. The number of pyridine rings is 4. The summed E-state index contributed by atoms with van der Waals surface area (Å²) < 4.78 is 0. The van der Waals surface area contributed by atoms with Crippen molar-refractivity contribution in [3.05, 3.63) is 229 Å². The van der Waals surface area contributed by atoms with Gasteiger partial charge in [0.25, 0.3) is 0 Å². The first-order chi connectivity index (χ1) is 28.3. The first-order valence-electron chi connectivity index (χ1n) is 19.1. The third-order valence-electron chi connectivity index (χ3n) is 11.4. The molecule has 6 aromatic carbocycles. The van der Waals surface area contributed by atoms with Crippen molar-refractivity contribution in [3.8, 4) is 55.9 Å². The van der Waals surface area contributed by atoms with E-state index in [0.29, 0.717) is 0 Å². The van der Waals surface area contributed by atoms with Crippen molar-refractivity contribution in [1.82, 2.24) is 19.9 Å². The van der Waals surface area contributed by atoms with Crippen molar-refractivity contribution in [2.75, 3.05) is 0 Å². The van der Waals surface area contributed by atoms with Gasteiger partial charge in [-0.15, -0.1) is 46.5 Å². The number of benzene rings is 6. The number of rotatable bonds is 6. The predicted octanol–water partition coefficient (Wildman–Crippen LogP) is 12.2. The van der Waals surface area contributed by atoms with E-state index < -0.39 is 5.41 Å². The summed E-state index contributed by atoms with van der Waals surface area (Å²) in [4.78, 5) is 19.2. The zero-order valence-corrected chi connectivity index (χ0v) is 33.4. The quantitative estimate of drug-likeness (QED) is 0.156. The maximum atomic E-state index is 4.99. The van der Waals surface area contributed by atoms with Gasteiger partial charge in [0.1, 0.15) is 0 Å². The van der Waals surface area contributed by atoms with Crippen LogP contribution in [0.5, 0.6) is 0 Å². The van der Waals surface area contributed by atoms with Gasteiger partial charge in [0.05, 0.1) is 0 Å². The fourth-order valence-electron chi connectivity index (χ4n) is 8.81. The van der Waals surface area contributed by atoms with Crippen LogP contribution in [0.15, 0.2) is 195 Å². The van der Waals surface area contributed by atoms with Gasteiger partial charge in [-0.25, -0.2) is 0 Å². The Kier molecular flexibility index (Phi) is 8.93. The molecule has 0 bridgehead atoms. The van der Waals surface area contributed by atoms with Gasteiger partial charge in [-0.3, -0.25) is 9.97 Å². The molecule has 0 unspecified atom stereocenters. The molecule has 0 radical (unpaired) electrons. The third kappa shape index (κ3) is 5.71. The molecule has 1 aliphatic carbocycles. The Morgan fingerprint density at radius 1 is 0.397 bits per heavy atom. The van der Waals surface area contributed by atoms with E-state index in [-0.39, 0.29) is 21.1 Å². The standard InChI is InChI=1S/C53H32N4.Pt/c1-3-11-35(12-4-1)37-19-25-56-51(29-37)47-31-41(27-39-33-54-23-21-43(39)47)53(49-17-9-7-15-45(49)46-16-8-10-18-50(46)53)42-28-40-34-55-24-22-44(40)48(32-42)52-30-38(20-26-57-52)36-13-5-2-6-14-36;/h1-30,33-34H;/q-2;+2. The van der Waals surface area contributed by atoms with Gasteiger partial charge in [0.15, 0.2) is 0 Å². The van der Waals surface area contributed by atoms with Crippen LogP contribution in [-0.2, 0) is 26.5 Å². The largest absolute Gasteiger partial charge is 2.00 e. The van der Waals surface area contributed by atoms with Crippen LogP contribution in [0, 0.1) is 12.1 Å². The number of hydrogen-bond donors (Lipinski definition) is 0. The van der Waals surface area contributed by atoms with Crippen molar-refractivity contribution in [3.63, 3.8) is 0 Å². The molecule has 0 saturated heterocycles. The molecule has 4 heterocycles. The smallest absolute Gasteiger partial charge is 0.305 e. The molecule has 0 fully saturated rings. The molecule has 4 aromatic heterocycles. The van der Waals surface area contributed by atoms with Crippen LogP contribution in [0.4, 0.5) is 0 Å². The SMILES string of the molecule is [Pt+2].[c-]1c(C2(c3[c-]c(-c4cc(-c5ccccc5)ccn4)c4ccncc4c3)c3ccccc3-c3ccccc32)cc2cnccc2c1-c1cc(-c2ccccc2)ccn1. The Labute approximate surface area is 351 Å². The van der Waals surface area contributed by atoms with Crippen LogP contribution >= 0.6 is 0 Å². The van der Waals surface area contributed by atoms with E-state index in [2.05, 4.69) is 168 Å².